The van der Waals surface area contributed by atoms with Gasteiger partial charge in [-0.05, 0) is 90.8 Å². The van der Waals surface area contributed by atoms with E-state index in [4.69, 9.17) is 30.4 Å². The van der Waals surface area contributed by atoms with Crippen LogP contribution in [-0.2, 0) is 19.1 Å². The van der Waals surface area contributed by atoms with Gasteiger partial charge >= 0.3 is 11.9 Å². The Morgan fingerprint density at radius 3 is 2.20 bits per heavy atom. The number of hydrogen-bond donors (Lipinski definition) is 8. The van der Waals surface area contributed by atoms with Crippen LogP contribution >= 0.6 is 0 Å². The van der Waals surface area contributed by atoms with Gasteiger partial charge in [-0.15, -0.1) is 0 Å². The predicted octanol–water partition coefficient (Wildman–Crippen LogP) is 4.49. The van der Waals surface area contributed by atoms with Gasteiger partial charge in [-0.2, -0.15) is 0 Å². The number of nitrogens with zero attached hydrogens (tertiary/aromatic N) is 4. The molecular formula is C62H78FN7O16. The highest BCUT2D eigenvalue weighted by molar-refractivity contribution is 6.32. The first kappa shape index (κ1) is 63.0. The largest absolute Gasteiger partial charge is 0.516 e. The number of aromatic carboxylic acids is 1. The number of hydrogen-bond acceptors (Lipinski definition) is 20. The van der Waals surface area contributed by atoms with Gasteiger partial charge in [0.15, 0.2) is 17.2 Å². The standard InChI is InChI=1S/C62H78FN7O16/c1-28(50(73)44(64)55(78)45(65)57(85-32(5)72)30(3)40(83-8)19-23-71)12-10-13-29(2)60(80)66-46-49(54(77)41-42(53(46)76)51(74)31(4)56-43(41)59(79)62(6,7)86-56)67-21-17-35(18-22-67)69-20-11-14-33-25-68(27-39(33)69)48-38(63)24-36-47(58(48)84-9)70(34-15-16-34)26-37(52(36)75)61(81)82/h10,12-13,19,23-24,26,28,30,33-35,39-40,44-45,50,55,57,71,73-74,78H,11,14-18,20-22,25,27,64-65H2,1-9H3,(H,66,80)(H,81,82)/b12-10+,23-19+,29-13-/t28-,30+,33?,39?,40-,44+,45+,50-,55+,57+/m0/s1. The Morgan fingerprint density at radius 2 is 1.58 bits per heavy atom. The topological polar surface area (TPSA) is 336 Å². The zero-order chi connectivity index (χ0) is 62.7. The zero-order valence-corrected chi connectivity index (χ0v) is 49.8. The van der Waals surface area contributed by atoms with E-state index in [0.717, 1.165) is 51.5 Å². The lowest BCUT2D eigenvalue weighted by Gasteiger charge is -2.46. The quantitative estimate of drug-likeness (QED) is 0.0334. The molecule has 10 atom stereocenters. The Morgan fingerprint density at radius 1 is 0.895 bits per heavy atom. The molecule has 10 N–H and O–H groups in total. The molecule has 2 aliphatic carbocycles. The second-order valence-corrected chi connectivity index (χ2v) is 24.2. The monoisotopic (exact) mass is 1200 g/mol. The number of aromatic nitrogens is 1. The number of ether oxygens (including phenoxy) is 4. The van der Waals surface area contributed by atoms with Gasteiger partial charge in [-0.1, -0.05) is 32.1 Å². The van der Waals surface area contributed by atoms with Gasteiger partial charge in [0.1, 0.15) is 40.2 Å². The summed E-state index contributed by atoms with van der Waals surface area (Å²) in [6.07, 6.45) is 7.02. The molecule has 3 aromatic rings. The minimum absolute atomic E-state index is 0.0184. The number of phenolic OH excluding ortho intramolecular Hbond substituents is 1. The first-order valence-corrected chi connectivity index (χ1v) is 29.1. The number of ketones is 3. The maximum atomic E-state index is 16.6. The number of carbonyl (C=O) groups excluding carboxylic acids is 5. The summed E-state index contributed by atoms with van der Waals surface area (Å²) in [5.74, 6) is -7.61. The molecule has 0 bridgehead atoms. The van der Waals surface area contributed by atoms with Gasteiger partial charge < -0.3 is 75.6 Å². The molecule has 1 amide bonds. The number of aromatic hydroxyl groups is 1. The number of anilines is 1. The molecule has 9 rings (SSSR count). The van der Waals surface area contributed by atoms with Crippen molar-refractivity contribution in [3.8, 4) is 17.2 Å². The number of rotatable bonds is 20. The number of carboxylic acid groups (broad SMARTS) is 1. The van der Waals surface area contributed by atoms with Crippen molar-refractivity contribution in [2.24, 2.45) is 29.2 Å². The van der Waals surface area contributed by atoms with E-state index in [9.17, 15) is 49.5 Å². The number of phenols is 1. The fourth-order valence-electron chi connectivity index (χ4n) is 13.4. The molecule has 2 aromatic carbocycles. The normalized spacial score (nSPS) is 23.0. The second kappa shape index (κ2) is 24.7. The number of esters is 1. The first-order chi connectivity index (χ1) is 40.7. The van der Waals surface area contributed by atoms with Crippen molar-refractivity contribution in [3.05, 3.63) is 104 Å². The molecule has 6 aliphatic rings. The molecule has 1 aromatic heterocycles. The molecule has 1 saturated carbocycles. The second-order valence-electron chi connectivity index (χ2n) is 24.2. The number of aliphatic hydroxyl groups excluding tert-OH is 3. The van der Waals surface area contributed by atoms with E-state index in [2.05, 4.69) is 10.2 Å². The lowest BCUT2D eigenvalue weighted by Crippen LogP contribution is -2.60. The number of nitrogens with one attached hydrogen (secondary N) is 1. The molecule has 464 valence electrons. The summed E-state index contributed by atoms with van der Waals surface area (Å²) in [4.78, 5) is 102. The number of halogens is 1. The number of allylic oxidation sites excluding steroid dienone is 4. The number of fused-ring (bicyclic) bond motifs is 5. The van der Waals surface area contributed by atoms with Crippen molar-refractivity contribution in [2.75, 3.05) is 51.8 Å². The summed E-state index contributed by atoms with van der Waals surface area (Å²) in [7, 11) is 2.79. The lowest BCUT2D eigenvalue weighted by molar-refractivity contribution is -0.155. The Kier molecular flexibility index (Phi) is 18.1. The number of carbonyl (C=O) groups is 6. The molecule has 86 heavy (non-hydrogen) atoms. The number of pyridine rings is 1. The fraction of sp³-hybridized carbons (Fsp3) is 0.532. The van der Waals surface area contributed by atoms with Crippen molar-refractivity contribution in [1.82, 2.24) is 19.7 Å². The Balaban J connectivity index is 0.957. The maximum absolute atomic E-state index is 16.6. The van der Waals surface area contributed by atoms with Gasteiger partial charge in [0, 0.05) is 87.5 Å². The number of benzene rings is 2. The van der Waals surface area contributed by atoms with Crippen LogP contribution in [0.25, 0.3) is 10.9 Å². The van der Waals surface area contributed by atoms with Crippen molar-refractivity contribution in [2.45, 2.75) is 147 Å². The minimum atomic E-state index is -1.62. The fourth-order valence-corrected chi connectivity index (χ4v) is 13.4. The van der Waals surface area contributed by atoms with E-state index < -0.39 is 123 Å². The molecule has 23 nitrogen and oxygen atoms in total. The van der Waals surface area contributed by atoms with E-state index in [-0.39, 0.29) is 87.7 Å². The zero-order valence-electron chi connectivity index (χ0n) is 49.8. The summed E-state index contributed by atoms with van der Waals surface area (Å²) in [6, 6.07) is -1.72. The van der Waals surface area contributed by atoms with Crippen LogP contribution in [0.15, 0.2) is 64.6 Å². The molecule has 4 aliphatic heterocycles. The minimum Gasteiger partial charge on any atom is -0.516 e. The lowest BCUT2D eigenvalue weighted by atomic mass is 9.81. The van der Waals surface area contributed by atoms with Crippen LogP contribution < -0.4 is 36.6 Å². The van der Waals surface area contributed by atoms with Crippen LogP contribution in [0, 0.1) is 30.5 Å². The number of carboxylic acids is 1. The summed E-state index contributed by atoms with van der Waals surface area (Å²) in [6.45, 7) is 12.5. The first-order valence-electron chi connectivity index (χ1n) is 29.1. The third-order valence-corrected chi connectivity index (χ3v) is 18.2. The smallest absolute Gasteiger partial charge is 0.341 e. The van der Waals surface area contributed by atoms with Crippen LogP contribution in [0.1, 0.15) is 133 Å². The SMILES string of the molecule is COc1c(N2CC3CCCN(C4CCN(C5=C(NC(=O)/C(C)=C\C=C\[C@H](C)[C@H](O)[C@@H](N)[C@@H](O)[C@@H](N)[C@H](OC(C)=O)[C@H](C)[C@H](/C=C/O)OC)C(=O)c6c(O)c(C)c7c(c6C5=O)C(=O)C(C)(C)O7)CC4)C3C2)c(F)cc2c(=O)c(C(=O)O)cn(C3CC3)c12. The average molecular weight is 1200 g/mol. The molecular weight excluding hydrogens is 1120 g/mol. The van der Waals surface area contributed by atoms with Crippen molar-refractivity contribution in [3.63, 3.8) is 0 Å². The molecule has 24 heteroatoms. The molecule has 3 saturated heterocycles. The molecule has 5 heterocycles. The maximum Gasteiger partial charge on any atom is 0.341 e. The van der Waals surface area contributed by atoms with Crippen molar-refractivity contribution in [1.29, 1.82) is 0 Å². The summed E-state index contributed by atoms with van der Waals surface area (Å²) < 4.78 is 41.1. The Bertz CT molecular complexity index is 3450. The number of methoxy groups -OCH3 is 2. The number of aliphatic hydroxyl groups is 3. The van der Waals surface area contributed by atoms with E-state index in [1.165, 1.54) is 72.4 Å². The third kappa shape index (κ3) is 11.4. The summed E-state index contributed by atoms with van der Waals surface area (Å²) in [5.41, 5.74) is 9.28. The number of piperidine rings is 2. The van der Waals surface area contributed by atoms with Crippen molar-refractivity contribution >= 4 is 51.8 Å². The Labute approximate surface area is 496 Å². The van der Waals surface area contributed by atoms with Crippen LogP contribution in [0.3, 0.4) is 0 Å². The number of likely N-dealkylation sites (tertiary alicyclic amines) is 2. The number of amides is 1. The molecule has 2 unspecified atom stereocenters. The predicted molar refractivity (Wildman–Crippen MR) is 313 cm³/mol. The van der Waals surface area contributed by atoms with Crippen LogP contribution in [0.5, 0.6) is 17.2 Å². The number of Topliss-reactive ketones (excluding diaryl/α,β-unsaturated/α-hetero) is 3. The molecule has 0 radical (unpaired) electrons. The van der Waals surface area contributed by atoms with Gasteiger partial charge in [0.05, 0.1) is 71.4 Å². The third-order valence-electron chi connectivity index (χ3n) is 18.2. The van der Waals surface area contributed by atoms with Gasteiger partial charge in [-0.25, -0.2) is 9.18 Å². The van der Waals surface area contributed by atoms with E-state index in [1.807, 2.05) is 4.90 Å². The number of nitrogens with two attached hydrogens (primary N) is 2. The highest BCUT2D eigenvalue weighted by Crippen LogP contribution is 2.50. The summed E-state index contributed by atoms with van der Waals surface area (Å²) in [5, 5.41) is 56.2. The average Bonchev–Trinajstić information content (AvgIpc) is 1.38. The van der Waals surface area contributed by atoms with Crippen LogP contribution in [0.4, 0.5) is 10.1 Å². The Hall–Kier alpha value is -7.48. The van der Waals surface area contributed by atoms with Gasteiger partial charge in [0.2, 0.25) is 22.8 Å². The van der Waals surface area contributed by atoms with Gasteiger partial charge in [0.25, 0.3) is 5.91 Å². The molecule has 0 spiro atoms. The highest BCUT2D eigenvalue weighted by Gasteiger charge is 2.51. The van der Waals surface area contributed by atoms with Crippen LogP contribution in [-0.4, -0.2) is 176 Å². The summed E-state index contributed by atoms with van der Waals surface area (Å²) >= 11 is 0. The highest BCUT2D eigenvalue weighted by atomic mass is 19.1. The van der Waals surface area contributed by atoms with Crippen molar-refractivity contribution < 1.29 is 77.6 Å². The van der Waals surface area contributed by atoms with Crippen LogP contribution in [0.2, 0.25) is 0 Å². The van der Waals surface area contributed by atoms with E-state index in [0.29, 0.717) is 31.4 Å². The molecule has 4 fully saturated rings. The van der Waals surface area contributed by atoms with E-state index in [1.54, 1.807) is 23.3 Å². The van der Waals surface area contributed by atoms with Gasteiger partial charge in [-0.3, -0.25) is 33.7 Å². The van der Waals surface area contributed by atoms with E-state index >= 15 is 14.0 Å².